The van der Waals surface area contributed by atoms with Crippen LogP contribution in [0, 0.1) is 0 Å². The molecule has 0 aliphatic rings. The Hall–Kier alpha value is -2.49. The Morgan fingerprint density at radius 2 is 1.74 bits per heavy atom. The molecule has 3 N–H and O–H groups in total. The maximum atomic E-state index is 11.7. The van der Waals surface area contributed by atoms with Gasteiger partial charge < -0.3 is 15.8 Å². The van der Waals surface area contributed by atoms with Crippen molar-refractivity contribution >= 4 is 17.3 Å². The first kappa shape index (κ1) is 13.0. The second-order valence-corrected chi connectivity index (χ2v) is 4.08. The third-order valence-corrected chi connectivity index (χ3v) is 2.54. The molecule has 19 heavy (non-hydrogen) atoms. The van der Waals surface area contributed by atoms with Crippen LogP contribution in [-0.2, 0) is 4.79 Å². The Morgan fingerprint density at radius 3 is 2.42 bits per heavy atom. The van der Waals surface area contributed by atoms with Crippen LogP contribution in [0.2, 0.25) is 0 Å². The molecule has 0 spiro atoms. The molecule has 0 saturated carbocycles. The van der Waals surface area contributed by atoms with Gasteiger partial charge in [0.1, 0.15) is 5.75 Å². The van der Waals surface area contributed by atoms with E-state index in [1.165, 1.54) is 0 Å². The molecule has 0 bridgehead atoms. The molecule has 0 fully saturated rings. The van der Waals surface area contributed by atoms with Crippen molar-refractivity contribution in [2.24, 2.45) is 0 Å². The van der Waals surface area contributed by atoms with Crippen molar-refractivity contribution in [3.05, 3.63) is 54.6 Å². The molecule has 1 amide bonds. The summed E-state index contributed by atoms with van der Waals surface area (Å²) >= 11 is 0. The van der Waals surface area contributed by atoms with Gasteiger partial charge >= 0.3 is 0 Å². The smallest absolute Gasteiger partial charge is 0.227 e. The first-order valence-corrected chi connectivity index (χ1v) is 6.07. The van der Waals surface area contributed by atoms with Crippen molar-refractivity contribution < 1.29 is 9.53 Å². The normalized spacial score (nSPS) is 9.89. The van der Waals surface area contributed by atoms with Gasteiger partial charge in [-0.05, 0) is 36.4 Å². The average molecular weight is 256 g/mol. The lowest BCUT2D eigenvalue weighted by molar-refractivity contribution is -0.116. The molecular weight excluding hydrogens is 240 g/mol. The number of nitrogens with one attached hydrogen (secondary N) is 1. The topological polar surface area (TPSA) is 64.3 Å². The monoisotopic (exact) mass is 256 g/mol. The number of para-hydroxylation sites is 1. The second-order valence-electron chi connectivity index (χ2n) is 4.08. The standard InChI is InChI=1S/C15H16N2O2/c16-12-6-8-13(9-7-12)17-15(18)10-11-19-14-4-2-1-3-5-14/h1-9H,10-11,16H2,(H,17,18). The van der Waals surface area contributed by atoms with Crippen LogP contribution in [0.1, 0.15) is 6.42 Å². The van der Waals surface area contributed by atoms with Gasteiger partial charge in [0.2, 0.25) is 5.91 Å². The van der Waals surface area contributed by atoms with Crippen molar-refractivity contribution in [2.75, 3.05) is 17.7 Å². The quantitative estimate of drug-likeness (QED) is 0.808. The molecule has 2 aromatic rings. The zero-order valence-electron chi connectivity index (χ0n) is 10.5. The zero-order chi connectivity index (χ0) is 13.5. The summed E-state index contributed by atoms with van der Waals surface area (Å²) < 4.78 is 5.45. The SMILES string of the molecule is Nc1ccc(NC(=O)CCOc2ccccc2)cc1. The van der Waals surface area contributed by atoms with Gasteiger partial charge in [0.25, 0.3) is 0 Å². The molecule has 98 valence electrons. The highest BCUT2D eigenvalue weighted by molar-refractivity contribution is 5.90. The van der Waals surface area contributed by atoms with Gasteiger partial charge in [-0.25, -0.2) is 0 Å². The van der Waals surface area contributed by atoms with Crippen molar-refractivity contribution in [3.63, 3.8) is 0 Å². The Labute approximate surface area is 112 Å². The molecule has 2 rings (SSSR count). The summed E-state index contributed by atoms with van der Waals surface area (Å²) in [5.74, 6) is 0.684. The van der Waals surface area contributed by atoms with Crippen LogP contribution in [-0.4, -0.2) is 12.5 Å². The Morgan fingerprint density at radius 1 is 1.05 bits per heavy atom. The van der Waals surface area contributed by atoms with Crippen molar-refractivity contribution in [3.8, 4) is 5.75 Å². The summed E-state index contributed by atoms with van der Waals surface area (Å²) in [6.07, 6.45) is 0.305. The van der Waals surface area contributed by atoms with Crippen molar-refractivity contribution in [2.45, 2.75) is 6.42 Å². The fourth-order valence-electron chi connectivity index (χ4n) is 1.57. The van der Waals surface area contributed by atoms with Gasteiger partial charge in [0.15, 0.2) is 0 Å². The molecule has 2 aromatic carbocycles. The lowest BCUT2D eigenvalue weighted by atomic mass is 10.3. The molecule has 0 atom stereocenters. The third kappa shape index (κ3) is 4.35. The Balaban J connectivity index is 1.74. The molecule has 0 saturated heterocycles. The van der Waals surface area contributed by atoms with Crippen LogP contribution in [0.15, 0.2) is 54.6 Å². The number of carbonyl (C=O) groups is 1. The summed E-state index contributed by atoms with van der Waals surface area (Å²) in [7, 11) is 0. The molecular formula is C15H16N2O2. The first-order chi connectivity index (χ1) is 9.24. The van der Waals surface area contributed by atoms with E-state index in [0.29, 0.717) is 18.7 Å². The molecule has 0 aliphatic carbocycles. The van der Waals surface area contributed by atoms with Crippen LogP contribution in [0.25, 0.3) is 0 Å². The number of nitrogen functional groups attached to an aromatic ring is 1. The van der Waals surface area contributed by atoms with Gasteiger partial charge in [0, 0.05) is 11.4 Å². The summed E-state index contributed by atoms with van der Waals surface area (Å²) in [6.45, 7) is 0.352. The summed E-state index contributed by atoms with van der Waals surface area (Å²) in [5.41, 5.74) is 6.98. The van der Waals surface area contributed by atoms with E-state index in [1.54, 1.807) is 24.3 Å². The second kappa shape index (κ2) is 6.44. The highest BCUT2D eigenvalue weighted by atomic mass is 16.5. The number of carbonyl (C=O) groups excluding carboxylic acids is 1. The first-order valence-electron chi connectivity index (χ1n) is 6.07. The zero-order valence-corrected chi connectivity index (χ0v) is 10.5. The Bertz CT molecular complexity index is 524. The molecule has 0 aromatic heterocycles. The van der Waals surface area contributed by atoms with E-state index in [9.17, 15) is 4.79 Å². The molecule has 0 radical (unpaired) electrons. The minimum Gasteiger partial charge on any atom is -0.493 e. The fraction of sp³-hybridized carbons (Fsp3) is 0.133. The predicted octanol–water partition coefficient (Wildman–Crippen LogP) is 2.68. The summed E-state index contributed by atoms with van der Waals surface area (Å²) in [4.78, 5) is 11.7. The number of benzene rings is 2. The van der Waals surface area contributed by atoms with E-state index in [1.807, 2.05) is 30.3 Å². The van der Waals surface area contributed by atoms with Crippen LogP contribution in [0.4, 0.5) is 11.4 Å². The minimum atomic E-state index is -0.0827. The molecule has 0 heterocycles. The van der Waals surface area contributed by atoms with Gasteiger partial charge in [-0.15, -0.1) is 0 Å². The molecule has 4 heteroatoms. The number of hydrogen-bond donors (Lipinski definition) is 2. The summed E-state index contributed by atoms with van der Waals surface area (Å²) in [5, 5.41) is 2.78. The number of rotatable bonds is 5. The van der Waals surface area contributed by atoms with Crippen LogP contribution < -0.4 is 15.8 Å². The van der Waals surface area contributed by atoms with E-state index in [-0.39, 0.29) is 5.91 Å². The van der Waals surface area contributed by atoms with E-state index in [4.69, 9.17) is 10.5 Å². The fourth-order valence-corrected chi connectivity index (χ4v) is 1.57. The van der Waals surface area contributed by atoms with Crippen LogP contribution in [0.3, 0.4) is 0 Å². The summed E-state index contributed by atoms with van der Waals surface area (Å²) in [6, 6.07) is 16.5. The van der Waals surface area contributed by atoms with Gasteiger partial charge in [0.05, 0.1) is 13.0 Å². The average Bonchev–Trinajstić information content (AvgIpc) is 2.43. The molecule has 0 aliphatic heterocycles. The van der Waals surface area contributed by atoms with E-state index >= 15 is 0 Å². The lowest BCUT2D eigenvalue weighted by Gasteiger charge is -2.07. The third-order valence-electron chi connectivity index (χ3n) is 2.54. The number of nitrogens with two attached hydrogens (primary N) is 1. The maximum Gasteiger partial charge on any atom is 0.227 e. The predicted molar refractivity (Wildman–Crippen MR) is 76.0 cm³/mol. The van der Waals surface area contributed by atoms with E-state index in [2.05, 4.69) is 5.32 Å². The number of amides is 1. The van der Waals surface area contributed by atoms with E-state index in [0.717, 1.165) is 11.4 Å². The molecule has 0 unspecified atom stereocenters. The maximum absolute atomic E-state index is 11.7. The van der Waals surface area contributed by atoms with Crippen molar-refractivity contribution in [1.29, 1.82) is 0 Å². The van der Waals surface area contributed by atoms with Gasteiger partial charge in [-0.3, -0.25) is 4.79 Å². The van der Waals surface area contributed by atoms with Crippen LogP contribution >= 0.6 is 0 Å². The van der Waals surface area contributed by atoms with Gasteiger partial charge in [-0.1, -0.05) is 18.2 Å². The van der Waals surface area contributed by atoms with Crippen LogP contribution in [0.5, 0.6) is 5.75 Å². The van der Waals surface area contributed by atoms with Gasteiger partial charge in [-0.2, -0.15) is 0 Å². The number of ether oxygens (including phenoxy) is 1. The number of anilines is 2. The largest absolute Gasteiger partial charge is 0.493 e. The molecule has 4 nitrogen and oxygen atoms in total. The Kier molecular flexibility index (Phi) is 4.39. The van der Waals surface area contributed by atoms with Crippen molar-refractivity contribution in [1.82, 2.24) is 0 Å². The highest BCUT2D eigenvalue weighted by Gasteiger charge is 2.02. The number of hydrogen-bond acceptors (Lipinski definition) is 3. The van der Waals surface area contributed by atoms with E-state index < -0.39 is 0 Å². The lowest BCUT2D eigenvalue weighted by Crippen LogP contribution is -2.15. The minimum absolute atomic E-state index is 0.0827. The highest BCUT2D eigenvalue weighted by Crippen LogP contribution is 2.11.